The van der Waals surface area contributed by atoms with Gasteiger partial charge in [-0.1, -0.05) is 42.8 Å². The van der Waals surface area contributed by atoms with E-state index in [0.717, 1.165) is 61.0 Å². The number of carbonyl (C=O) groups is 2. The Labute approximate surface area is 225 Å². The number of nitrogens with zero attached hydrogens (tertiary/aromatic N) is 2. The second kappa shape index (κ2) is 13.0. The van der Waals surface area contributed by atoms with Crippen molar-refractivity contribution in [3.8, 4) is 22.9 Å². The first kappa shape index (κ1) is 27.1. The number of likely N-dealkylation sites (tertiary alicyclic amines) is 1. The van der Waals surface area contributed by atoms with E-state index in [1.807, 2.05) is 49.4 Å². The molecule has 0 spiro atoms. The molecule has 1 amide bonds. The highest BCUT2D eigenvalue weighted by Crippen LogP contribution is 2.37. The van der Waals surface area contributed by atoms with E-state index in [4.69, 9.17) is 10.00 Å². The lowest BCUT2D eigenvalue weighted by Gasteiger charge is -2.36. The summed E-state index contributed by atoms with van der Waals surface area (Å²) < 4.78 is 5.56. The molecule has 196 valence electrons. The smallest absolute Gasteiger partial charge is 0.308 e. The molecule has 6 heteroatoms. The molecular formula is C32H35N3O3. The zero-order chi connectivity index (χ0) is 26.9. The maximum absolute atomic E-state index is 12.6. The van der Waals surface area contributed by atoms with Gasteiger partial charge in [0.25, 0.3) is 5.91 Å². The Bertz CT molecular complexity index is 1290. The summed E-state index contributed by atoms with van der Waals surface area (Å²) in [6, 6.07) is 23.5. The van der Waals surface area contributed by atoms with Crippen molar-refractivity contribution in [2.75, 3.05) is 19.6 Å². The van der Waals surface area contributed by atoms with Crippen LogP contribution in [0.3, 0.4) is 0 Å². The van der Waals surface area contributed by atoms with E-state index in [1.165, 1.54) is 13.3 Å². The number of amides is 1. The second-order valence-electron chi connectivity index (χ2n) is 9.91. The number of hydrogen-bond acceptors (Lipinski definition) is 5. The second-order valence-corrected chi connectivity index (χ2v) is 9.91. The van der Waals surface area contributed by atoms with E-state index in [-0.39, 0.29) is 17.9 Å². The van der Waals surface area contributed by atoms with E-state index in [1.54, 1.807) is 12.1 Å². The molecular weight excluding hydrogens is 474 g/mol. The van der Waals surface area contributed by atoms with Gasteiger partial charge in [0.05, 0.1) is 11.6 Å². The SMILES string of the molecule is CC(=O)Oc1cc(C)ccc1C1CCCCN1CCCCNC(=O)c1ccc(-c2ccc(C#N)cc2)cc1. The molecule has 3 aromatic rings. The van der Waals surface area contributed by atoms with Crippen LogP contribution in [0.4, 0.5) is 0 Å². The number of carbonyl (C=O) groups excluding carboxylic acids is 2. The summed E-state index contributed by atoms with van der Waals surface area (Å²) in [4.78, 5) is 26.8. The molecule has 1 N–H and O–H groups in total. The standard InChI is InChI=1S/C32H35N3O3/c1-23-8-17-29(31(21-23)38-24(2)36)30-7-3-5-19-35(30)20-6-4-18-34-32(37)28-15-13-27(14-16-28)26-11-9-25(22-33)10-12-26/h8-17,21,30H,3-7,18-20H2,1-2H3,(H,34,37). The first-order valence-electron chi connectivity index (χ1n) is 13.4. The molecule has 3 aromatic carbocycles. The van der Waals surface area contributed by atoms with Crippen LogP contribution in [0.2, 0.25) is 0 Å². The minimum atomic E-state index is -0.293. The molecule has 0 radical (unpaired) electrons. The van der Waals surface area contributed by atoms with Crippen LogP contribution in [0.5, 0.6) is 5.75 Å². The molecule has 1 unspecified atom stereocenters. The van der Waals surface area contributed by atoms with Gasteiger partial charge < -0.3 is 10.1 Å². The number of piperidine rings is 1. The average Bonchev–Trinajstić information content (AvgIpc) is 2.93. The Morgan fingerprint density at radius 3 is 2.39 bits per heavy atom. The average molecular weight is 510 g/mol. The minimum absolute atomic E-state index is 0.0714. The van der Waals surface area contributed by atoms with E-state index in [9.17, 15) is 9.59 Å². The zero-order valence-corrected chi connectivity index (χ0v) is 22.2. The number of nitriles is 1. The lowest BCUT2D eigenvalue weighted by atomic mass is 9.93. The van der Waals surface area contributed by atoms with Gasteiger partial charge in [-0.25, -0.2) is 0 Å². The quantitative estimate of drug-likeness (QED) is 0.211. The Kier molecular flexibility index (Phi) is 9.29. The van der Waals surface area contributed by atoms with Crippen molar-refractivity contribution in [2.45, 2.75) is 52.0 Å². The zero-order valence-electron chi connectivity index (χ0n) is 22.2. The number of rotatable bonds is 9. The molecule has 4 rings (SSSR count). The van der Waals surface area contributed by atoms with Crippen molar-refractivity contribution in [2.24, 2.45) is 0 Å². The molecule has 6 nitrogen and oxygen atoms in total. The van der Waals surface area contributed by atoms with Crippen molar-refractivity contribution >= 4 is 11.9 Å². The molecule has 1 atom stereocenters. The van der Waals surface area contributed by atoms with Crippen LogP contribution in [-0.2, 0) is 4.79 Å². The summed E-state index contributed by atoms with van der Waals surface area (Å²) in [5, 5.41) is 12.0. The fraction of sp³-hybridized carbons (Fsp3) is 0.344. The highest BCUT2D eigenvalue weighted by molar-refractivity contribution is 5.94. The van der Waals surface area contributed by atoms with Crippen molar-refractivity contribution < 1.29 is 14.3 Å². The fourth-order valence-corrected chi connectivity index (χ4v) is 5.07. The van der Waals surface area contributed by atoms with Gasteiger partial charge in [-0.05, 0) is 92.7 Å². The van der Waals surface area contributed by atoms with Crippen molar-refractivity contribution in [3.05, 3.63) is 89.0 Å². The van der Waals surface area contributed by atoms with Gasteiger partial charge >= 0.3 is 5.97 Å². The molecule has 1 aliphatic rings. The molecule has 0 aromatic heterocycles. The lowest BCUT2D eigenvalue weighted by Crippen LogP contribution is -2.35. The maximum Gasteiger partial charge on any atom is 0.308 e. The molecule has 1 fully saturated rings. The van der Waals surface area contributed by atoms with Gasteiger partial charge in [0.2, 0.25) is 0 Å². The van der Waals surface area contributed by atoms with Crippen LogP contribution in [0.1, 0.15) is 72.1 Å². The number of benzene rings is 3. The van der Waals surface area contributed by atoms with Gasteiger partial charge in [-0.2, -0.15) is 5.26 Å². The van der Waals surface area contributed by atoms with E-state index in [2.05, 4.69) is 28.4 Å². The molecule has 1 saturated heterocycles. The summed E-state index contributed by atoms with van der Waals surface area (Å²) in [6.45, 7) is 6.04. The van der Waals surface area contributed by atoms with Crippen molar-refractivity contribution in [3.63, 3.8) is 0 Å². The third-order valence-electron chi connectivity index (χ3n) is 7.05. The highest BCUT2D eigenvalue weighted by Gasteiger charge is 2.26. The summed E-state index contributed by atoms with van der Waals surface area (Å²) >= 11 is 0. The first-order valence-corrected chi connectivity index (χ1v) is 13.4. The first-order chi connectivity index (χ1) is 18.4. The predicted molar refractivity (Wildman–Crippen MR) is 149 cm³/mol. The van der Waals surface area contributed by atoms with Crippen LogP contribution in [-0.4, -0.2) is 36.4 Å². The number of nitrogens with one attached hydrogen (secondary N) is 1. The van der Waals surface area contributed by atoms with Gasteiger partial charge in [-0.3, -0.25) is 14.5 Å². The molecule has 0 bridgehead atoms. The van der Waals surface area contributed by atoms with Crippen LogP contribution in [0.25, 0.3) is 11.1 Å². The number of esters is 1. The number of ether oxygens (including phenoxy) is 1. The fourth-order valence-electron chi connectivity index (χ4n) is 5.07. The van der Waals surface area contributed by atoms with Gasteiger partial charge in [0.15, 0.2) is 0 Å². The highest BCUT2D eigenvalue weighted by atomic mass is 16.5. The summed E-state index contributed by atoms with van der Waals surface area (Å²) in [5.41, 5.74) is 5.44. The van der Waals surface area contributed by atoms with Gasteiger partial charge in [0.1, 0.15) is 5.75 Å². The topological polar surface area (TPSA) is 82.4 Å². The Morgan fingerprint density at radius 2 is 1.71 bits per heavy atom. The molecule has 38 heavy (non-hydrogen) atoms. The molecule has 0 aliphatic carbocycles. The summed E-state index contributed by atoms with van der Waals surface area (Å²) in [5.74, 6) is 0.309. The summed E-state index contributed by atoms with van der Waals surface area (Å²) in [7, 11) is 0. The van der Waals surface area contributed by atoms with Crippen molar-refractivity contribution in [1.82, 2.24) is 10.2 Å². The predicted octanol–water partition coefficient (Wildman–Crippen LogP) is 6.20. The Morgan fingerprint density at radius 1 is 1.00 bits per heavy atom. The van der Waals surface area contributed by atoms with Crippen LogP contribution in [0.15, 0.2) is 66.7 Å². The van der Waals surface area contributed by atoms with E-state index < -0.39 is 0 Å². The van der Waals surface area contributed by atoms with Crippen LogP contribution < -0.4 is 10.1 Å². The number of aryl methyl sites for hydroxylation is 1. The maximum atomic E-state index is 12.6. The normalized spacial score (nSPS) is 15.4. The Hall–Kier alpha value is -3.95. The van der Waals surface area contributed by atoms with Gasteiger partial charge in [-0.15, -0.1) is 0 Å². The minimum Gasteiger partial charge on any atom is -0.426 e. The van der Waals surface area contributed by atoms with Crippen LogP contribution in [0, 0.1) is 18.3 Å². The molecule has 1 heterocycles. The molecule has 1 aliphatic heterocycles. The third kappa shape index (κ3) is 7.08. The van der Waals surface area contributed by atoms with E-state index >= 15 is 0 Å². The van der Waals surface area contributed by atoms with Gasteiger partial charge in [0, 0.05) is 30.6 Å². The van der Waals surface area contributed by atoms with Crippen LogP contribution >= 0.6 is 0 Å². The third-order valence-corrected chi connectivity index (χ3v) is 7.05. The summed E-state index contributed by atoms with van der Waals surface area (Å²) in [6.07, 6.45) is 5.24. The van der Waals surface area contributed by atoms with E-state index in [0.29, 0.717) is 23.4 Å². The number of hydrogen-bond donors (Lipinski definition) is 1. The van der Waals surface area contributed by atoms with Crippen molar-refractivity contribution in [1.29, 1.82) is 5.26 Å². The lowest BCUT2D eigenvalue weighted by molar-refractivity contribution is -0.132. The largest absolute Gasteiger partial charge is 0.426 e. The Balaban J connectivity index is 1.27. The monoisotopic (exact) mass is 509 g/mol. The number of unbranched alkanes of at least 4 members (excludes halogenated alkanes) is 1. The molecule has 0 saturated carbocycles.